The monoisotopic (exact) mass is 407 g/mol. The van der Waals surface area contributed by atoms with Gasteiger partial charge in [-0.1, -0.05) is 60.1 Å². The lowest BCUT2D eigenvalue weighted by atomic mass is 10.1. The summed E-state index contributed by atoms with van der Waals surface area (Å²) in [6, 6.07) is 20.6. The molecule has 3 aromatic rings. The Balaban J connectivity index is 1.61. The second-order valence-electron chi connectivity index (χ2n) is 6.23. The standard InChI is InChI=1S/C23H15ClFNO3/c24-18-10-4-1-8-16(18)14-28-21-12-6-2-7-15(21)13-20-23(27)29-22(26-20)17-9-3-5-11-19(17)25/h1-13H,14H2/b20-13-. The van der Waals surface area contributed by atoms with E-state index in [0.717, 1.165) is 5.56 Å². The molecule has 1 aliphatic heterocycles. The predicted octanol–water partition coefficient (Wildman–Crippen LogP) is 5.40. The van der Waals surface area contributed by atoms with E-state index in [1.54, 1.807) is 36.4 Å². The van der Waals surface area contributed by atoms with Crippen molar-refractivity contribution in [3.8, 4) is 5.75 Å². The fourth-order valence-electron chi connectivity index (χ4n) is 2.81. The Labute approximate surface area is 171 Å². The van der Waals surface area contributed by atoms with Gasteiger partial charge in [0.15, 0.2) is 5.70 Å². The minimum atomic E-state index is -0.649. The first kappa shape index (κ1) is 18.9. The molecule has 0 fully saturated rings. The molecule has 0 bridgehead atoms. The van der Waals surface area contributed by atoms with Gasteiger partial charge in [0.2, 0.25) is 5.90 Å². The SMILES string of the molecule is O=C1OC(c2ccccc2F)=N/C1=C\c1ccccc1OCc1ccccc1Cl. The van der Waals surface area contributed by atoms with Gasteiger partial charge in [0.05, 0.1) is 5.56 Å². The van der Waals surface area contributed by atoms with Gasteiger partial charge in [-0.3, -0.25) is 0 Å². The van der Waals surface area contributed by atoms with E-state index in [1.807, 2.05) is 30.3 Å². The highest BCUT2D eigenvalue weighted by Crippen LogP contribution is 2.26. The average Bonchev–Trinajstić information content (AvgIpc) is 3.09. The van der Waals surface area contributed by atoms with E-state index in [4.69, 9.17) is 21.1 Å². The van der Waals surface area contributed by atoms with Crippen LogP contribution in [0.25, 0.3) is 6.08 Å². The highest BCUT2D eigenvalue weighted by molar-refractivity contribution is 6.31. The largest absolute Gasteiger partial charge is 0.488 e. The minimum absolute atomic E-state index is 0.0613. The third kappa shape index (κ3) is 4.20. The maximum atomic E-state index is 14.0. The third-order valence-electron chi connectivity index (χ3n) is 4.28. The first-order valence-corrected chi connectivity index (χ1v) is 9.22. The molecule has 0 spiro atoms. The Morgan fingerprint density at radius 2 is 1.72 bits per heavy atom. The molecule has 4 nitrogen and oxygen atoms in total. The lowest BCUT2D eigenvalue weighted by molar-refractivity contribution is -0.129. The topological polar surface area (TPSA) is 47.9 Å². The second kappa shape index (κ2) is 8.29. The van der Waals surface area contributed by atoms with Crippen molar-refractivity contribution in [3.63, 3.8) is 0 Å². The van der Waals surface area contributed by atoms with Crippen LogP contribution in [0.4, 0.5) is 4.39 Å². The van der Waals surface area contributed by atoms with E-state index >= 15 is 0 Å². The van der Waals surface area contributed by atoms with E-state index in [0.29, 0.717) is 16.3 Å². The van der Waals surface area contributed by atoms with Crippen LogP contribution in [0.2, 0.25) is 5.02 Å². The number of ether oxygens (including phenoxy) is 2. The smallest absolute Gasteiger partial charge is 0.363 e. The Bertz CT molecular complexity index is 1140. The van der Waals surface area contributed by atoms with Gasteiger partial charge in [0, 0.05) is 16.1 Å². The van der Waals surface area contributed by atoms with E-state index in [1.165, 1.54) is 12.1 Å². The Morgan fingerprint density at radius 1 is 1.00 bits per heavy atom. The summed E-state index contributed by atoms with van der Waals surface area (Å²) in [5.74, 6) is -0.663. The molecular weight excluding hydrogens is 393 g/mol. The number of nitrogens with zero attached hydrogens (tertiary/aromatic N) is 1. The fourth-order valence-corrected chi connectivity index (χ4v) is 3.00. The van der Waals surface area contributed by atoms with Crippen LogP contribution in [0, 0.1) is 5.82 Å². The zero-order valence-electron chi connectivity index (χ0n) is 15.1. The average molecular weight is 408 g/mol. The summed E-state index contributed by atoms with van der Waals surface area (Å²) in [6.45, 7) is 0.272. The van der Waals surface area contributed by atoms with Crippen LogP contribution in [0.3, 0.4) is 0 Å². The molecule has 29 heavy (non-hydrogen) atoms. The number of hydrogen-bond donors (Lipinski definition) is 0. The molecule has 0 N–H and O–H groups in total. The molecule has 0 aliphatic carbocycles. The van der Waals surface area contributed by atoms with Crippen LogP contribution in [-0.2, 0) is 16.1 Å². The number of carbonyl (C=O) groups is 1. The maximum absolute atomic E-state index is 14.0. The predicted molar refractivity (Wildman–Crippen MR) is 109 cm³/mol. The quantitative estimate of drug-likeness (QED) is 0.420. The van der Waals surface area contributed by atoms with Gasteiger partial charge < -0.3 is 9.47 Å². The molecular formula is C23H15ClFNO3. The van der Waals surface area contributed by atoms with Crippen LogP contribution in [0.5, 0.6) is 5.75 Å². The van der Waals surface area contributed by atoms with Crippen LogP contribution in [0.1, 0.15) is 16.7 Å². The molecule has 0 unspecified atom stereocenters. The molecule has 0 atom stereocenters. The van der Waals surface area contributed by atoms with Crippen molar-refractivity contribution in [3.05, 3.63) is 106 Å². The van der Waals surface area contributed by atoms with Crippen molar-refractivity contribution in [2.24, 2.45) is 4.99 Å². The number of rotatable bonds is 5. The van der Waals surface area contributed by atoms with E-state index < -0.39 is 11.8 Å². The van der Waals surface area contributed by atoms with Crippen LogP contribution >= 0.6 is 11.6 Å². The fraction of sp³-hybridized carbons (Fsp3) is 0.0435. The summed E-state index contributed by atoms with van der Waals surface area (Å²) in [4.78, 5) is 16.4. The number of benzene rings is 3. The van der Waals surface area contributed by atoms with Crippen molar-refractivity contribution in [2.75, 3.05) is 0 Å². The van der Waals surface area contributed by atoms with Gasteiger partial charge in [-0.25, -0.2) is 14.2 Å². The third-order valence-corrected chi connectivity index (χ3v) is 4.65. The number of carbonyl (C=O) groups excluding carboxylic acids is 1. The zero-order chi connectivity index (χ0) is 20.2. The Morgan fingerprint density at radius 3 is 2.55 bits per heavy atom. The maximum Gasteiger partial charge on any atom is 0.363 e. The normalized spacial score (nSPS) is 14.6. The lowest BCUT2D eigenvalue weighted by Crippen LogP contribution is -2.07. The van der Waals surface area contributed by atoms with Crippen molar-refractivity contribution in [2.45, 2.75) is 6.61 Å². The summed E-state index contributed by atoms with van der Waals surface area (Å²) in [5.41, 5.74) is 1.69. The van der Waals surface area contributed by atoms with Crippen LogP contribution < -0.4 is 4.74 Å². The van der Waals surface area contributed by atoms with E-state index in [-0.39, 0.29) is 23.8 Å². The Hall–Kier alpha value is -3.44. The number of esters is 1. The lowest BCUT2D eigenvalue weighted by Gasteiger charge is -2.10. The van der Waals surface area contributed by atoms with Gasteiger partial charge in [-0.2, -0.15) is 0 Å². The van der Waals surface area contributed by atoms with Crippen molar-refractivity contribution in [1.82, 2.24) is 0 Å². The first-order valence-electron chi connectivity index (χ1n) is 8.84. The van der Waals surface area contributed by atoms with Crippen molar-refractivity contribution in [1.29, 1.82) is 0 Å². The molecule has 0 saturated carbocycles. The summed E-state index contributed by atoms with van der Waals surface area (Å²) in [7, 11) is 0. The van der Waals surface area contributed by atoms with Crippen molar-refractivity contribution < 1.29 is 18.7 Å². The highest BCUT2D eigenvalue weighted by Gasteiger charge is 2.26. The van der Waals surface area contributed by atoms with Crippen molar-refractivity contribution >= 4 is 29.5 Å². The molecule has 3 aromatic carbocycles. The molecule has 1 heterocycles. The molecule has 0 radical (unpaired) electrons. The summed E-state index contributed by atoms with van der Waals surface area (Å²) in [6.07, 6.45) is 1.55. The van der Waals surface area contributed by atoms with E-state index in [2.05, 4.69) is 4.99 Å². The number of hydrogen-bond acceptors (Lipinski definition) is 4. The van der Waals surface area contributed by atoms with Crippen LogP contribution in [0.15, 0.2) is 83.5 Å². The first-order chi connectivity index (χ1) is 14.1. The molecule has 6 heteroatoms. The number of aliphatic imine (C=N–C) groups is 1. The minimum Gasteiger partial charge on any atom is -0.488 e. The summed E-state index contributed by atoms with van der Waals surface area (Å²) < 4.78 is 25.0. The molecule has 4 rings (SSSR count). The Kier molecular flexibility index (Phi) is 5.40. The molecule has 0 aromatic heterocycles. The second-order valence-corrected chi connectivity index (χ2v) is 6.64. The van der Waals surface area contributed by atoms with Gasteiger partial charge in [-0.15, -0.1) is 0 Å². The summed E-state index contributed by atoms with van der Waals surface area (Å²) in [5, 5.41) is 0.613. The van der Waals surface area contributed by atoms with Gasteiger partial charge in [0.1, 0.15) is 18.2 Å². The molecule has 144 valence electrons. The van der Waals surface area contributed by atoms with Crippen LogP contribution in [-0.4, -0.2) is 11.9 Å². The zero-order valence-corrected chi connectivity index (χ0v) is 15.9. The van der Waals surface area contributed by atoms with Gasteiger partial charge in [-0.05, 0) is 30.3 Å². The highest BCUT2D eigenvalue weighted by atomic mass is 35.5. The molecule has 0 amide bonds. The van der Waals surface area contributed by atoms with Gasteiger partial charge >= 0.3 is 5.97 Å². The number of para-hydroxylation sites is 1. The van der Waals surface area contributed by atoms with Gasteiger partial charge in [0.25, 0.3) is 0 Å². The molecule has 0 saturated heterocycles. The number of halogens is 2. The number of cyclic esters (lactones) is 1. The molecule has 1 aliphatic rings. The van der Waals surface area contributed by atoms with E-state index in [9.17, 15) is 9.18 Å². The summed E-state index contributed by atoms with van der Waals surface area (Å²) >= 11 is 6.17.